The summed E-state index contributed by atoms with van der Waals surface area (Å²) in [6, 6.07) is 1.67. The lowest BCUT2D eigenvalue weighted by Gasteiger charge is -1.97. The number of hydrogen-bond donors (Lipinski definition) is 0. The van der Waals surface area contributed by atoms with Gasteiger partial charge in [0.15, 0.2) is 11.5 Å². The van der Waals surface area contributed by atoms with Gasteiger partial charge >= 0.3 is 0 Å². The maximum Gasteiger partial charge on any atom is 0.173 e. The molecule has 0 aliphatic rings. The lowest BCUT2D eigenvalue weighted by molar-refractivity contribution is 0.756. The molecule has 0 aliphatic heterocycles. The third-order valence-corrected chi connectivity index (χ3v) is 2.73. The van der Waals surface area contributed by atoms with Crippen molar-refractivity contribution < 1.29 is 0 Å². The summed E-state index contributed by atoms with van der Waals surface area (Å²) in [4.78, 5) is 4.02. The molecule has 17 heavy (non-hydrogen) atoms. The van der Waals surface area contributed by atoms with Crippen LogP contribution >= 0.6 is 11.6 Å². The van der Waals surface area contributed by atoms with Gasteiger partial charge in [-0.3, -0.25) is 9.08 Å². The van der Waals surface area contributed by atoms with E-state index in [4.69, 9.17) is 11.6 Å². The fraction of sp³-hybridized carbons (Fsp3) is 0.200. The molecule has 0 N–H and O–H groups in total. The molecule has 3 rings (SSSR count). The van der Waals surface area contributed by atoms with E-state index in [1.165, 1.54) is 0 Å². The molecular formula is C10H9ClN6. The van der Waals surface area contributed by atoms with Crippen LogP contribution in [0.5, 0.6) is 0 Å². The van der Waals surface area contributed by atoms with Crippen molar-refractivity contribution in [3.05, 3.63) is 29.4 Å². The minimum atomic E-state index is 0.402. The fourth-order valence-electron chi connectivity index (χ4n) is 1.78. The smallest absolute Gasteiger partial charge is 0.173 e. The van der Waals surface area contributed by atoms with E-state index in [0.717, 1.165) is 17.1 Å². The highest BCUT2D eigenvalue weighted by molar-refractivity contribution is 6.29. The Morgan fingerprint density at radius 3 is 2.82 bits per heavy atom. The SMILES string of the molecule is Cc1nn(C)cc1-c1nnc2cc(Cl)ncn12. The second kappa shape index (κ2) is 3.53. The van der Waals surface area contributed by atoms with Crippen LogP contribution < -0.4 is 0 Å². The van der Waals surface area contributed by atoms with Gasteiger partial charge in [0.1, 0.15) is 11.5 Å². The number of nitrogens with zero attached hydrogens (tertiary/aromatic N) is 6. The summed E-state index contributed by atoms with van der Waals surface area (Å²) in [6.07, 6.45) is 3.51. The summed E-state index contributed by atoms with van der Waals surface area (Å²) in [5.41, 5.74) is 2.50. The van der Waals surface area contributed by atoms with Gasteiger partial charge in [0, 0.05) is 19.3 Å². The molecule has 0 spiro atoms. The Labute approximate surface area is 102 Å². The van der Waals surface area contributed by atoms with Crippen molar-refractivity contribution in [3.8, 4) is 11.4 Å². The monoisotopic (exact) mass is 248 g/mol. The average Bonchev–Trinajstić information content (AvgIpc) is 2.81. The van der Waals surface area contributed by atoms with Crippen molar-refractivity contribution in [2.75, 3.05) is 0 Å². The number of rotatable bonds is 1. The van der Waals surface area contributed by atoms with Crippen LogP contribution in [0, 0.1) is 6.92 Å². The molecule has 0 saturated heterocycles. The molecule has 0 amide bonds. The highest BCUT2D eigenvalue weighted by Crippen LogP contribution is 2.21. The molecule has 0 aromatic carbocycles. The number of aromatic nitrogens is 6. The first-order chi connectivity index (χ1) is 8.15. The molecular weight excluding hydrogens is 240 g/mol. The normalized spacial score (nSPS) is 11.2. The summed E-state index contributed by atoms with van der Waals surface area (Å²) in [6.45, 7) is 1.93. The van der Waals surface area contributed by atoms with Crippen LogP contribution in [0.2, 0.25) is 5.15 Å². The third-order valence-electron chi connectivity index (χ3n) is 2.52. The number of halogens is 1. The number of fused-ring (bicyclic) bond motifs is 1. The topological polar surface area (TPSA) is 60.9 Å². The predicted octanol–water partition coefficient (Wildman–Crippen LogP) is 1.49. The Morgan fingerprint density at radius 2 is 2.12 bits per heavy atom. The minimum Gasteiger partial charge on any atom is -0.275 e. The largest absolute Gasteiger partial charge is 0.275 e. The van der Waals surface area contributed by atoms with Crippen LogP contribution in [0.4, 0.5) is 0 Å². The van der Waals surface area contributed by atoms with E-state index >= 15 is 0 Å². The standard InChI is InChI=1S/C10H9ClN6/c1-6-7(4-16(2)15-6)10-14-13-9-3-8(11)12-5-17(9)10/h3-5H,1-2H3. The summed E-state index contributed by atoms with van der Waals surface area (Å²) >= 11 is 5.80. The third kappa shape index (κ3) is 1.57. The van der Waals surface area contributed by atoms with Gasteiger partial charge in [0.25, 0.3) is 0 Å². The van der Waals surface area contributed by atoms with Gasteiger partial charge in [0.2, 0.25) is 0 Å². The molecule has 0 saturated carbocycles. The maximum atomic E-state index is 5.80. The van der Waals surface area contributed by atoms with E-state index in [-0.39, 0.29) is 0 Å². The van der Waals surface area contributed by atoms with E-state index in [9.17, 15) is 0 Å². The maximum absolute atomic E-state index is 5.80. The molecule has 0 bridgehead atoms. The van der Waals surface area contributed by atoms with Crippen molar-refractivity contribution in [1.29, 1.82) is 0 Å². The number of hydrogen-bond acceptors (Lipinski definition) is 4. The summed E-state index contributed by atoms with van der Waals surface area (Å²) in [5.74, 6) is 0.717. The van der Waals surface area contributed by atoms with E-state index in [2.05, 4.69) is 20.3 Å². The second-order valence-corrected chi connectivity index (χ2v) is 4.15. The zero-order chi connectivity index (χ0) is 12.0. The van der Waals surface area contributed by atoms with Gasteiger partial charge in [-0.15, -0.1) is 10.2 Å². The molecule has 3 aromatic heterocycles. The molecule has 7 heteroatoms. The van der Waals surface area contributed by atoms with Crippen LogP contribution in [0.1, 0.15) is 5.69 Å². The summed E-state index contributed by atoms with van der Waals surface area (Å²) in [7, 11) is 1.87. The quantitative estimate of drug-likeness (QED) is 0.612. The van der Waals surface area contributed by atoms with E-state index in [0.29, 0.717) is 10.8 Å². The Morgan fingerprint density at radius 1 is 1.29 bits per heavy atom. The zero-order valence-corrected chi connectivity index (χ0v) is 10.0. The minimum absolute atomic E-state index is 0.402. The van der Waals surface area contributed by atoms with Gasteiger partial charge in [-0.2, -0.15) is 5.10 Å². The molecule has 0 atom stereocenters. The molecule has 0 unspecified atom stereocenters. The zero-order valence-electron chi connectivity index (χ0n) is 9.29. The first kappa shape index (κ1) is 10.2. The molecule has 0 radical (unpaired) electrons. The molecule has 3 aromatic rings. The molecule has 6 nitrogen and oxygen atoms in total. The van der Waals surface area contributed by atoms with Gasteiger partial charge in [-0.05, 0) is 6.92 Å². The molecule has 0 fully saturated rings. The highest BCUT2D eigenvalue weighted by atomic mass is 35.5. The van der Waals surface area contributed by atoms with Crippen molar-refractivity contribution in [3.63, 3.8) is 0 Å². The average molecular weight is 249 g/mol. The van der Waals surface area contributed by atoms with Gasteiger partial charge in [0.05, 0.1) is 11.3 Å². The van der Waals surface area contributed by atoms with Crippen molar-refractivity contribution in [2.45, 2.75) is 6.92 Å². The fourth-order valence-corrected chi connectivity index (χ4v) is 1.92. The molecule has 86 valence electrons. The Kier molecular flexibility index (Phi) is 2.12. The van der Waals surface area contributed by atoms with E-state index in [1.54, 1.807) is 21.5 Å². The first-order valence-corrected chi connectivity index (χ1v) is 5.40. The Bertz CT molecular complexity index is 698. The van der Waals surface area contributed by atoms with Crippen molar-refractivity contribution in [2.24, 2.45) is 7.05 Å². The van der Waals surface area contributed by atoms with Crippen LogP contribution in [0.15, 0.2) is 18.6 Å². The second-order valence-electron chi connectivity index (χ2n) is 3.77. The van der Waals surface area contributed by atoms with Crippen molar-refractivity contribution >= 4 is 17.2 Å². The lowest BCUT2D eigenvalue weighted by Crippen LogP contribution is -1.91. The summed E-state index contributed by atoms with van der Waals surface area (Å²) in [5, 5.41) is 12.9. The van der Waals surface area contributed by atoms with Gasteiger partial charge in [-0.1, -0.05) is 11.6 Å². The van der Waals surface area contributed by atoms with Gasteiger partial charge < -0.3 is 0 Å². The van der Waals surface area contributed by atoms with Crippen LogP contribution in [0.3, 0.4) is 0 Å². The van der Waals surface area contributed by atoms with Crippen LogP contribution in [-0.4, -0.2) is 29.4 Å². The molecule has 0 aliphatic carbocycles. The Balaban J connectivity index is 2.28. The number of aryl methyl sites for hydroxylation is 2. The first-order valence-electron chi connectivity index (χ1n) is 5.02. The lowest BCUT2D eigenvalue weighted by atomic mass is 10.2. The van der Waals surface area contributed by atoms with Crippen LogP contribution in [0.25, 0.3) is 17.0 Å². The molecule has 3 heterocycles. The van der Waals surface area contributed by atoms with E-state index < -0.39 is 0 Å². The van der Waals surface area contributed by atoms with E-state index in [1.807, 2.05) is 20.2 Å². The predicted molar refractivity (Wildman–Crippen MR) is 62.7 cm³/mol. The van der Waals surface area contributed by atoms with Gasteiger partial charge in [-0.25, -0.2) is 4.98 Å². The Hall–Kier alpha value is -1.95. The highest BCUT2D eigenvalue weighted by Gasteiger charge is 2.13. The van der Waals surface area contributed by atoms with Crippen LogP contribution in [-0.2, 0) is 7.05 Å². The van der Waals surface area contributed by atoms with Crippen molar-refractivity contribution in [1.82, 2.24) is 29.4 Å². The summed E-state index contributed by atoms with van der Waals surface area (Å²) < 4.78 is 3.53.